The quantitative estimate of drug-likeness (QED) is 0.767. The number of nitrogens with zero attached hydrogens (tertiary/aromatic N) is 1. The Morgan fingerprint density at radius 2 is 1.79 bits per heavy atom. The zero-order valence-electron chi connectivity index (χ0n) is 16.0. The van der Waals surface area contributed by atoms with Crippen molar-refractivity contribution in [2.24, 2.45) is 0 Å². The van der Waals surface area contributed by atoms with Gasteiger partial charge < -0.3 is 24.4 Å². The average Bonchev–Trinajstić information content (AvgIpc) is 2.72. The lowest BCUT2D eigenvalue weighted by Gasteiger charge is -2.28. The van der Waals surface area contributed by atoms with Gasteiger partial charge in [0.25, 0.3) is 0 Å². The highest BCUT2D eigenvalue weighted by Gasteiger charge is 2.24. The van der Waals surface area contributed by atoms with E-state index >= 15 is 0 Å². The van der Waals surface area contributed by atoms with Crippen molar-refractivity contribution >= 4 is 35.0 Å². The molecule has 2 amide bonds. The fourth-order valence-corrected chi connectivity index (χ4v) is 3.92. The largest absolute Gasteiger partial charge is 0.493 e. The predicted molar refractivity (Wildman–Crippen MR) is 109 cm³/mol. The molecular weight excluding hydrogens is 380 g/mol. The number of anilines is 2. The van der Waals surface area contributed by atoms with E-state index in [0.717, 1.165) is 10.6 Å². The lowest BCUT2D eigenvalue weighted by Crippen LogP contribution is -2.37. The van der Waals surface area contributed by atoms with Crippen molar-refractivity contribution in [3.8, 4) is 17.2 Å². The second kappa shape index (κ2) is 8.88. The molecule has 1 heterocycles. The minimum absolute atomic E-state index is 0.00397. The van der Waals surface area contributed by atoms with Gasteiger partial charge in [0.1, 0.15) is 0 Å². The number of amides is 2. The molecule has 0 radical (unpaired) electrons. The van der Waals surface area contributed by atoms with E-state index in [9.17, 15) is 9.59 Å². The number of hydrogen-bond donors (Lipinski definition) is 1. The van der Waals surface area contributed by atoms with Gasteiger partial charge in [0.05, 0.1) is 32.8 Å². The van der Waals surface area contributed by atoms with E-state index in [-0.39, 0.29) is 18.2 Å². The molecule has 0 spiro atoms. The number of hydrogen-bond acceptors (Lipinski definition) is 6. The molecule has 2 aromatic carbocycles. The number of methoxy groups -OCH3 is 3. The Kier molecular flexibility index (Phi) is 6.30. The minimum Gasteiger partial charge on any atom is -0.493 e. The van der Waals surface area contributed by atoms with Crippen molar-refractivity contribution in [1.82, 2.24) is 0 Å². The predicted octanol–water partition coefficient (Wildman–Crippen LogP) is 3.18. The van der Waals surface area contributed by atoms with Gasteiger partial charge in [-0.05, 0) is 12.1 Å². The van der Waals surface area contributed by atoms with Gasteiger partial charge in [0.15, 0.2) is 11.5 Å². The first kappa shape index (κ1) is 19.9. The number of carbonyl (C=O) groups is 2. The topological polar surface area (TPSA) is 77.1 Å². The van der Waals surface area contributed by atoms with Crippen molar-refractivity contribution < 1.29 is 23.8 Å². The lowest BCUT2D eigenvalue weighted by atomic mass is 10.2. The number of fused-ring (bicyclic) bond motifs is 1. The number of benzene rings is 2. The van der Waals surface area contributed by atoms with Crippen LogP contribution in [0.2, 0.25) is 0 Å². The second-order valence-electron chi connectivity index (χ2n) is 6.01. The van der Waals surface area contributed by atoms with E-state index in [0.29, 0.717) is 35.2 Å². The number of rotatable bonds is 7. The highest BCUT2D eigenvalue weighted by Crippen LogP contribution is 2.40. The van der Waals surface area contributed by atoms with Crippen LogP contribution in [0.4, 0.5) is 11.4 Å². The van der Waals surface area contributed by atoms with Gasteiger partial charge in [0.2, 0.25) is 17.6 Å². The molecule has 7 nitrogen and oxygen atoms in total. The smallest absolute Gasteiger partial charge is 0.237 e. The maximum Gasteiger partial charge on any atom is 0.237 e. The van der Waals surface area contributed by atoms with Crippen LogP contribution in [0.25, 0.3) is 0 Å². The molecule has 0 unspecified atom stereocenters. The van der Waals surface area contributed by atoms with Crippen molar-refractivity contribution in [3.63, 3.8) is 0 Å². The van der Waals surface area contributed by atoms with Crippen LogP contribution in [-0.2, 0) is 9.59 Å². The lowest BCUT2D eigenvalue weighted by molar-refractivity contribution is -0.117. The number of para-hydroxylation sites is 1. The van der Waals surface area contributed by atoms with Crippen molar-refractivity contribution in [2.75, 3.05) is 43.8 Å². The van der Waals surface area contributed by atoms with E-state index in [1.165, 1.54) is 33.1 Å². The summed E-state index contributed by atoms with van der Waals surface area (Å²) in [6.07, 6.45) is 0.168. The molecule has 2 aromatic rings. The van der Waals surface area contributed by atoms with Gasteiger partial charge in [-0.25, -0.2) is 0 Å². The van der Waals surface area contributed by atoms with Crippen LogP contribution < -0.4 is 24.4 Å². The van der Waals surface area contributed by atoms with E-state index in [4.69, 9.17) is 14.2 Å². The number of nitrogens with one attached hydrogen (secondary N) is 1. The zero-order chi connectivity index (χ0) is 20.1. The molecule has 1 aliphatic heterocycles. The summed E-state index contributed by atoms with van der Waals surface area (Å²) in [5.41, 5.74) is 1.38. The van der Waals surface area contributed by atoms with Crippen LogP contribution in [0, 0.1) is 0 Å². The van der Waals surface area contributed by atoms with Crippen LogP contribution in [0.1, 0.15) is 6.42 Å². The van der Waals surface area contributed by atoms with Crippen molar-refractivity contribution in [2.45, 2.75) is 11.3 Å². The van der Waals surface area contributed by atoms with E-state index in [1.54, 1.807) is 17.0 Å². The molecule has 1 N–H and O–H groups in total. The molecule has 8 heteroatoms. The zero-order valence-corrected chi connectivity index (χ0v) is 16.8. The Labute approximate surface area is 167 Å². The molecule has 0 fully saturated rings. The Hall–Kier alpha value is -2.87. The van der Waals surface area contributed by atoms with Gasteiger partial charge in [-0.15, -0.1) is 11.8 Å². The van der Waals surface area contributed by atoms with Gasteiger partial charge in [-0.1, -0.05) is 12.1 Å². The van der Waals surface area contributed by atoms with E-state index < -0.39 is 0 Å². The Balaban J connectivity index is 1.69. The number of thioether (sulfide) groups is 1. The molecule has 3 rings (SSSR count). The van der Waals surface area contributed by atoms with Crippen LogP contribution in [0.5, 0.6) is 17.2 Å². The third-order valence-corrected chi connectivity index (χ3v) is 5.37. The number of ether oxygens (including phenoxy) is 3. The summed E-state index contributed by atoms with van der Waals surface area (Å²) in [5.74, 6) is 1.53. The highest BCUT2D eigenvalue weighted by molar-refractivity contribution is 8.00. The molecular formula is C20H22N2O5S. The fraction of sp³-hybridized carbons (Fsp3) is 0.300. The second-order valence-corrected chi connectivity index (χ2v) is 7.03. The Bertz CT molecular complexity index is 862. The van der Waals surface area contributed by atoms with Crippen LogP contribution in [0.15, 0.2) is 41.3 Å². The molecule has 1 aliphatic rings. The summed E-state index contributed by atoms with van der Waals surface area (Å²) in [6.45, 7) is 0.312. The average molecular weight is 402 g/mol. The first-order valence-electron chi connectivity index (χ1n) is 8.69. The van der Waals surface area contributed by atoms with Crippen LogP contribution in [-0.4, -0.2) is 45.4 Å². The maximum absolute atomic E-state index is 12.5. The van der Waals surface area contributed by atoms with Gasteiger partial charge in [-0.2, -0.15) is 0 Å². The fourth-order valence-electron chi connectivity index (χ4n) is 2.99. The number of carbonyl (C=O) groups excluding carboxylic acids is 2. The van der Waals surface area contributed by atoms with E-state index in [2.05, 4.69) is 5.32 Å². The molecule has 0 atom stereocenters. The Morgan fingerprint density at radius 3 is 2.43 bits per heavy atom. The monoisotopic (exact) mass is 402 g/mol. The summed E-state index contributed by atoms with van der Waals surface area (Å²) in [5, 5.41) is 2.82. The van der Waals surface area contributed by atoms with Gasteiger partial charge in [-0.3, -0.25) is 9.59 Å². The molecule has 148 valence electrons. The standard InChI is InChI=1S/C20H22N2O5S/c1-25-15-10-13(11-16(26-2)20(15)27-3)21-18(23)8-9-22-14-6-4-5-7-17(14)28-12-19(22)24/h4-7,10-11H,8-9,12H2,1-3H3,(H,21,23). The van der Waals surface area contributed by atoms with Crippen LogP contribution in [0.3, 0.4) is 0 Å². The first-order chi connectivity index (χ1) is 13.6. The molecule has 0 bridgehead atoms. The maximum atomic E-state index is 12.5. The summed E-state index contributed by atoms with van der Waals surface area (Å²) in [7, 11) is 4.55. The van der Waals surface area contributed by atoms with Gasteiger partial charge in [0, 0.05) is 35.7 Å². The van der Waals surface area contributed by atoms with Crippen molar-refractivity contribution in [1.29, 1.82) is 0 Å². The van der Waals surface area contributed by atoms with Crippen molar-refractivity contribution in [3.05, 3.63) is 36.4 Å². The summed E-state index contributed by atoms with van der Waals surface area (Å²) >= 11 is 1.52. The third-order valence-electron chi connectivity index (χ3n) is 4.32. The molecule has 0 saturated heterocycles. The van der Waals surface area contributed by atoms with E-state index in [1.807, 2.05) is 24.3 Å². The summed E-state index contributed by atoms with van der Waals surface area (Å²) < 4.78 is 15.9. The highest BCUT2D eigenvalue weighted by atomic mass is 32.2. The SMILES string of the molecule is COc1cc(NC(=O)CCN2C(=O)CSc3ccccc32)cc(OC)c1OC. The minimum atomic E-state index is -0.210. The van der Waals surface area contributed by atoms with Crippen LogP contribution >= 0.6 is 11.8 Å². The Morgan fingerprint density at radius 1 is 1.11 bits per heavy atom. The van der Waals surface area contributed by atoms with Gasteiger partial charge >= 0.3 is 0 Å². The normalized spacial score (nSPS) is 13.0. The molecule has 0 aromatic heterocycles. The summed E-state index contributed by atoms with van der Waals surface area (Å²) in [6, 6.07) is 11.0. The summed E-state index contributed by atoms with van der Waals surface area (Å²) in [4.78, 5) is 27.5. The first-order valence-corrected chi connectivity index (χ1v) is 9.68. The third kappa shape index (κ3) is 4.17. The molecule has 0 saturated carbocycles. The molecule has 0 aliphatic carbocycles. The molecule has 28 heavy (non-hydrogen) atoms.